The monoisotopic (exact) mass is 462 g/mol. The molecule has 0 atom stereocenters. The Kier molecular flexibility index (Phi) is 4.88. The predicted molar refractivity (Wildman–Crippen MR) is 88.5 cm³/mol. The van der Waals surface area contributed by atoms with Crippen LogP contribution in [0.2, 0.25) is 0 Å². The molecule has 8 heteroatoms. The van der Waals surface area contributed by atoms with Crippen LogP contribution in [-0.4, -0.2) is 15.3 Å². The normalized spacial score (nSPS) is 10.4. The molecule has 0 aliphatic carbocycles. The first-order valence-electron chi connectivity index (χ1n) is 5.71. The van der Waals surface area contributed by atoms with Gasteiger partial charge in [-0.1, -0.05) is 12.1 Å². The average molecular weight is 463 g/mol. The van der Waals surface area contributed by atoms with Crippen LogP contribution in [-0.2, 0) is 6.54 Å². The lowest BCUT2D eigenvalue weighted by atomic mass is 10.1. The molecule has 0 radical (unpaired) electrons. The van der Waals surface area contributed by atoms with Gasteiger partial charge in [-0.2, -0.15) is 0 Å². The van der Waals surface area contributed by atoms with Gasteiger partial charge in [0.1, 0.15) is 0 Å². The van der Waals surface area contributed by atoms with Crippen LogP contribution in [0.15, 0.2) is 45.8 Å². The Morgan fingerprint density at radius 2 is 1.95 bits per heavy atom. The molecular formula is C13H8BrIN2O4. The highest BCUT2D eigenvalue weighted by Crippen LogP contribution is 2.15. The maximum absolute atomic E-state index is 12.1. The summed E-state index contributed by atoms with van der Waals surface area (Å²) in [6.45, 7) is -0.250. The number of ketones is 1. The molecule has 0 aliphatic heterocycles. The molecule has 1 heterocycles. The lowest BCUT2D eigenvalue weighted by Gasteiger charge is -2.06. The van der Waals surface area contributed by atoms with Crippen molar-refractivity contribution in [2.24, 2.45) is 0 Å². The van der Waals surface area contributed by atoms with E-state index >= 15 is 0 Å². The molecule has 0 saturated carbocycles. The van der Waals surface area contributed by atoms with Crippen molar-refractivity contribution in [3.05, 3.63) is 70.6 Å². The summed E-state index contributed by atoms with van der Waals surface area (Å²) in [7, 11) is 0. The first-order valence-corrected chi connectivity index (χ1v) is 7.59. The van der Waals surface area contributed by atoms with Gasteiger partial charge in [0.2, 0.25) is 0 Å². The summed E-state index contributed by atoms with van der Waals surface area (Å²) in [5, 5.41) is 10.8. The van der Waals surface area contributed by atoms with Gasteiger partial charge in [-0.15, -0.1) is 0 Å². The van der Waals surface area contributed by atoms with E-state index in [4.69, 9.17) is 0 Å². The van der Waals surface area contributed by atoms with E-state index in [1.54, 1.807) is 24.3 Å². The molecule has 0 amide bonds. The Balaban J connectivity index is 2.35. The molecule has 0 unspecified atom stereocenters. The average Bonchev–Trinajstić information content (AvgIpc) is 2.44. The van der Waals surface area contributed by atoms with Crippen molar-refractivity contribution in [3.8, 4) is 0 Å². The molecule has 0 aliphatic rings. The third-order valence-electron chi connectivity index (χ3n) is 2.72. The topological polar surface area (TPSA) is 82.2 Å². The number of Topliss-reactive ketones (excluding diaryl/α,β-unsaturated/α-hetero) is 1. The second-order valence-corrected chi connectivity index (χ2v) is 6.27. The largest absolute Gasteiger partial charge is 0.300 e. The summed E-state index contributed by atoms with van der Waals surface area (Å²) < 4.78 is 2.06. The number of aromatic nitrogens is 1. The number of pyridine rings is 1. The Morgan fingerprint density at radius 3 is 2.52 bits per heavy atom. The second-order valence-electron chi connectivity index (χ2n) is 4.17. The minimum absolute atomic E-state index is 0.0483. The third kappa shape index (κ3) is 3.76. The Hall–Kier alpha value is -1.55. The van der Waals surface area contributed by atoms with Crippen LogP contribution in [0.3, 0.4) is 0 Å². The number of nitro groups is 1. The smallest absolute Gasteiger partial charge is 0.286 e. The standard InChI is InChI=1S/C13H8BrIN2O4/c14-11-5-10(17(20)21)6-16(13(11)19)7-12(18)8-1-3-9(15)4-2-8/h1-6H,7H2. The van der Waals surface area contributed by atoms with Crippen LogP contribution in [0.5, 0.6) is 0 Å². The van der Waals surface area contributed by atoms with Crippen molar-refractivity contribution in [2.75, 3.05) is 0 Å². The van der Waals surface area contributed by atoms with Crippen molar-refractivity contribution < 1.29 is 9.72 Å². The maximum Gasteiger partial charge on any atom is 0.286 e. The van der Waals surface area contributed by atoms with E-state index < -0.39 is 10.5 Å². The van der Waals surface area contributed by atoms with Gasteiger partial charge in [0, 0.05) is 15.2 Å². The predicted octanol–water partition coefficient (Wildman–Crippen LogP) is 3.01. The summed E-state index contributed by atoms with van der Waals surface area (Å²) in [6, 6.07) is 7.98. The number of rotatable bonds is 4. The van der Waals surface area contributed by atoms with E-state index in [2.05, 4.69) is 38.5 Å². The number of carbonyl (C=O) groups is 1. The molecule has 0 spiro atoms. The summed E-state index contributed by atoms with van der Waals surface area (Å²) in [4.78, 5) is 34.2. The number of nitrogens with zero attached hydrogens (tertiary/aromatic N) is 2. The minimum Gasteiger partial charge on any atom is -0.300 e. The zero-order valence-corrected chi connectivity index (χ0v) is 14.2. The van der Waals surface area contributed by atoms with Gasteiger partial charge in [-0.25, -0.2) is 0 Å². The molecule has 0 saturated heterocycles. The lowest BCUT2D eigenvalue weighted by molar-refractivity contribution is -0.385. The minimum atomic E-state index is -0.615. The summed E-state index contributed by atoms with van der Waals surface area (Å²) >= 11 is 5.09. The molecule has 2 aromatic rings. The number of hydrogen-bond donors (Lipinski definition) is 0. The quantitative estimate of drug-likeness (QED) is 0.302. The SMILES string of the molecule is O=C(Cn1cc([N+](=O)[O-])cc(Br)c1=O)c1ccc(I)cc1. The fourth-order valence-electron chi connectivity index (χ4n) is 1.68. The lowest BCUT2D eigenvalue weighted by Crippen LogP contribution is -2.24. The van der Waals surface area contributed by atoms with Crippen molar-refractivity contribution in [1.82, 2.24) is 4.57 Å². The van der Waals surface area contributed by atoms with E-state index in [-0.39, 0.29) is 22.5 Å². The van der Waals surface area contributed by atoms with Crippen LogP contribution < -0.4 is 5.56 Å². The molecule has 0 fully saturated rings. The molecule has 21 heavy (non-hydrogen) atoms. The van der Waals surface area contributed by atoms with Gasteiger partial charge < -0.3 is 0 Å². The van der Waals surface area contributed by atoms with Crippen LogP contribution >= 0.6 is 38.5 Å². The van der Waals surface area contributed by atoms with E-state index in [0.717, 1.165) is 20.4 Å². The molecule has 0 bridgehead atoms. The first kappa shape index (κ1) is 15.8. The van der Waals surface area contributed by atoms with Gasteiger partial charge in [0.05, 0.1) is 22.1 Å². The number of benzene rings is 1. The Morgan fingerprint density at radius 1 is 1.33 bits per heavy atom. The van der Waals surface area contributed by atoms with E-state index in [1.165, 1.54) is 0 Å². The first-order chi connectivity index (χ1) is 9.88. The van der Waals surface area contributed by atoms with Crippen molar-refractivity contribution in [2.45, 2.75) is 6.54 Å². The van der Waals surface area contributed by atoms with Crippen molar-refractivity contribution >= 4 is 50.0 Å². The fraction of sp³-hybridized carbons (Fsp3) is 0.0769. The highest BCUT2D eigenvalue weighted by Gasteiger charge is 2.15. The van der Waals surface area contributed by atoms with E-state index in [9.17, 15) is 19.7 Å². The van der Waals surface area contributed by atoms with Gasteiger partial charge in [0.25, 0.3) is 11.2 Å². The summed E-state index contributed by atoms with van der Waals surface area (Å²) in [5.74, 6) is -0.291. The van der Waals surface area contributed by atoms with Crippen LogP contribution in [0.1, 0.15) is 10.4 Å². The summed E-state index contributed by atoms with van der Waals surface area (Å²) in [5.41, 5.74) is -0.290. The Bertz CT molecular complexity index is 771. The van der Waals surface area contributed by atoms with Gasteiger partial charge >= 0.3 is 0 Å². The van der Waals surface area contributed by atoms with Crippen LogP contribution in [0.25, 0.3) is 0 Å². The van der Waals surface area contributed by atoms with Gasteiger partial charge in [0.15, 0.2) is 5.78 Å². The number of halogens is 2. The second kappa shape index (κ2) is 6.48. The highest BCUT2D eigenvalue weighted by atomic mass is 127. The number of hydrogen-bond acceptors (Lipinski definition) is 4. The maximum atomic E-state index is 12.1. The molecular weight excluding hydrogens is 455 g/mol. The van der Waals surface area contributed by atoms with E-state index in [0.29, 0.717) is 5.56 Å². The van der Waals surface area contributed by atoms with E-state index in [1.807, 2.05) is 0 Å². The third-order valence-corrected chi connectivity index (χ3v) is 4.01. The number of carbonyl (C=O) groups excluding carboxylic acids is 1. The van der Waals surface area contributed by atoms with Gasteiger partial charge in [-0.3, -0.25) is 24.3 Å². The zero-order chi connectivity index (χ0) is 15.6. The van der Waals surface area contributed by atoms with Crippen LogP contribution in [0, 0.1) is 13.7 Å². The van der Waals surface area contributed by atoms with Crippen molar-refractivity contribution in [1.29, 1.82) is 0 Å². The highest BCUT2D eigenvalue weighted by molar-refractivity contribution is 14.1. The molecule has 2 rings (SSSR count). The van der Waals surface area contributed by atoms with Crippen molar-refractivity contribution in [3.63, 3.8) is 0 Å². The molecule has 0 N–H and O–H groups in total. The van der Waals surface area contributed by atoms with Gasteiger partial charge in [-0.05, 0) is 50.7 Å². The summed E-state index contributed by atoms with van der Waals surface area (Å²) in [6.07, 6.45) is 1.07. The fourth-order valence-corrected chi connectivity index (χ4v) is 2.51. The molecule has 1 aromatic carbocycles. The molecule has 1 aromatic heterocycles. The Labute approximate surface area is 141 Å². The molecule has 6 nitrogen and oxygen atoms in total. The molecule has 108 valence electrons. The zero-order valence-electron chi connectivity index (χ0n) is 10.5. The van der Waals surface area contributed by atoms with Crippen LogP contribution in [0.4, 0.5) is 5.69 Å².